The lowest BCUT2D eigenvalue weighted by Gasteiger charge is -2.34. The third-order valence-electron chi connectivity index (χ3n) is 6.73. The summed E-state index contributed by atoms with van der Waals surface area (Å²) < 4.78 is 29.3. The van der Waals surface area contributed by atoms with Crippen molar-refractivity contribution >= 4 is 50.7 Å². The van der Waals surface area contributed by atoms with Gasteiger partial charge in [-0.05, 0) is 82.5 Å². The van der Waals surface area contributed by atoms with Gasteiger partial charge >= 0.3 is 0 Å². The number of aryl methyl sites for hydroxylation is 3. The van der Waals surface area contributed by atoms with Gasteiger partial charge in [0.1, 0.15) is 12.6 Å². The third-order valence-corrected chi connectivity index (χ3v) is 9.21. The summed E-state index contributed by atoms with van der Waals surface area (Å²) in [5.41, 5.74) is 3.28. The summed E-state index contributed by atoms with van der Waals surface area (Å²) in [6.07, 6.45) is 0.292. The second kappa shape index (κ2) is 13.7. The average Bonchev–Trinajstić information content (AvgIpc) is 2.90. The first kappa shape index (κ1) is 32.4. The molecule has 0 aliphatic carbocycles. The topological polar surface area (TPSA) is 86.8 Å². The van der Waals surface area contributed by atoms with Gasteiger partial charge in [-0.25, -0.2) is 8.42 Å². The number of carbonyl (C=O) groups excluding carboxylic acids is 2. The number of hydrogen-bond acceptors (Lipinski definition) is 4. The molecule has 0 saturated heterocycles. The highest BCUT2D eigenvalue weighted by atomic mass is 35.5. The smallest absolute Gasteiger partial charge is 0.264 e. The first-order valence-electron chi connectivity index (χ1n) is 13.5. The molecule has 0 heterocycles. The van der Waals surface area contributed by atoms with Crippen LogP contribution in [0.4, 0.5) is 5.69 Å². The zero-order chi connectivity index (χ0) is 30.5. The van der Waals surface area contributed by atoms with Crippen molar-refractivity contribution in [3.05, 3.63) is 93.0 Å². The first-order chi connectivity index (χ1) is 19.3. The number of nitrogens with one attached hydrogen (secondary N) is 1. The molecule has 41 heavy (non-hydrogen) atoms. The van der Waals surface area contributed by atoms with Crippen LogP contribution in [0.15, 0.2) is 65.6 Å². The number of rotatable bonds is 11. The Kier molecular flexibility index (Phi) is 10.9. The molecule has 3 aromatic carbocycles. The molecule has 0 spiro atoms. The summed E-state index contributed by atoms with van der Waals surface area (Å²) in [4.78, 5) is 28.9. The molecule has 0 aliphatic rings. The van der Waals surface area contributed by atoms with Gasteiger partial charge in [0, 0.05) is 28.2 Å². The van der Waals surface area contributed by atoms with Gasteiger partial charge in [-0.1, -0.05) is 66.0 Å². The van der Waals surface area contributed by atoms with E-state index in [9.17, 15) is 18.0 Å². The molecule has 0 radical (unpaired) electrons. The van der Waals surface area contributed by atoms with E-state index >= 15 is 0 Å². The maximum absolute atomic E-state index is 14.2. The SMILES string of the molecule is CC[C@@H](C(=O)NC(C)C)N(Cc1c(Cl)cccc1Cl)C(=O)CN(c1cc(C)ccc1C)S(=O)(=O)c1ccc(C)cc1. The van der Waals surface area contributed by atoms with Gasteiger partial charge < -0.3 is 10.2 Å². The summed E-state index contributed by atoms with van der Waals surface area (Å²) in [7, 11) is -4.17. The van der Waals surface area contributed by atoms with Crippen LogP contribution in [-0.2, 0) is 26.2 Å². The molecule has 1 N–H and O–H groups in total. The summed E-state index contributed by atoms with van der Waals surface area (Å²) in [6.45, 7) is 10.4. The van der Waals surface area contributed by atoms with E-state index in [2.05, 4.69) is 5.32 Å². The van der Waals surface area contributed by atoms with E-state index in [1.807, 2.05) is 39.8 Å². The predicted molar refractivity (Wildman–Crippen MR) is 166 cm³/mol. The minimum atomic E-state index is -4.17. The number of halogens is 2. The number of sulfonamides is 1. The highest BCUT2D eigenvalue weighted by molar-refractivity contribution is 7.92. The fourth-order valence-corrected chi connectivity index (χ4v) is 6.48. The van der Waals surface area contributed by atoms with E-state index in [0.717, 1.165) is 15.4 Å². The molecule has 1 atom stereocenters. The van der Waals surface area contributed by atoms with Crippen LogP contribution in [0.3, 0.4) is 0 Å². The molecular formula is C31H37Cl2N3O4S. The summed E-state index contributed by atoms with van der Waals surface area (Å²) in [5.74, 6) is -0.915. The van der Waals surface area contributed by atoms with Crippen LogP contribution in [0.25, 0.3) is 0 Å². The monoisotopic (exact) mass is 617 g/mol. The molecule has 0 unspecified atom stereocenters. The Morgan fingerprint density at radius 1 is 0.902 bits per heavy atom. The molecule has 0 fully saturated rings. The lowest BCUT2D eigenvalue weighted by molar-refractivity contribution is -0.140. The molecule has 220 valence electrons. The van der Waals surface area contributed by atoms with Gasteiger partial charge in [-0.15, -0.1) is 0 Å². The van der Waals surface area contributed by atoms with Gasteiger partial charge in [0.05, 0.1) is 10.6 Å². The molecule has 3 rings (SSSR count). The van der Waals surface area contributed by atoms with Gasteiger partial charge in [-0.2, -0.15) is 0 Å². The minimum absolute atomic E-state index is 0.0575. The number of carbonyl (C=O) groups is 2. The molecule has 3 aromatic rings. The van der Waals surface area contributed by atoms with Crippen LogP contribution in [0.2, 0.25) is 10.0 Å². The minimum Gasteiger partial charge on any atom is -0.352 e. The van der Waals surface area contributed by atoms with Crippen molar-refractivity contribution in [2.75, 3.05) is 10.8 Å². The van der Waals surface area contributed by atoms with E-state index in [1.54, 1.807) is 50.2 Å². The molecular weight excluding hydrogens is 581 g/mol. The largest absolute Gasteiger partial charge is 0.352 e. The van der Waals surface area contributed by atoms with Crippen molar-refractivity contribution in [1.82, 2.24) is 10.2 Å². The number of anilines is 1. The Bertz CT molecular complexity index is 1490. The Morgan fingerprint density at radius 3 is 2.05 bits per heavy atom. The van der Waals surface area contributed by atoms with Gasteiger partial charge in [0.15, 0.2) is 0 Å². The summed E-state index contributed by atoms with van der Waals surface area (Å²) in [5, 5.41) is 3.56. The standard InChI is InChI=1S/C31H37Cl2N3O4S/c1-7-28(31(38)34-20(2)3)35(18-25-26(32)9-8-10-27(25)33)30(37)19-36(29-17-22(5)11-14-23(29)6)41(39,40)24-15-12-21(4)13-16-24/h8-17,20,28H,7,18-19H2,1-6H3,(H,34,38)/t28-/m0/s1. The van der Waals surface area contributed by atoms with Gasteiger partial charge in [0.25, 0.3) is 10.0 Å². The molecule has 0 aliphatic heterocycles. The molecule has 10 heteroatoms. The molecule has 2 amide bonds. The fourth-order valence-electron chi connectivity index (χ4n) is 4.49. The summed E-state index contributed by atoms with van der Waals surface area (Å²) in [6, 6.07) is 15.9. The maximum Gasteiger partial charge on any atom is 0.264 e. The van der Waals surface area contributed by atoms with E-state index in [1.165, 1.54) is 17.0 Å². The van der Waals surface area contributed by atoms with Crippen molar-refractivity contribution in [3.8, 4) is 0 Å². The zero-order valence-electron chi connectivity index (χ0n) is 24.2. The van der Waals surface area contributed by atoms with Crippen molar-refractivity contribution in [3.63, 3.8) is 0 Å². The van der Waals surface area contributed by atoms with Crippen molar-refractivity contribution in [2.24, 2.45) is 0 Å². The first-order valence-corrected chi connectivity index (χ1v) is 15.6. The van der Waals surface area contributed by atoms with Gasteiger partial charge in [-0.3, -0.25) is 13.9 Å². The highest BCUT2D eigenvalue weighted by Crippen LogP contribution is 2.30. The zero-order valence-corrected chi connectivity index (χ0v) is 26.6. The van der Waals surface area contributed by atoms with E-state index in [-0.39, 0.29) is 23.4 Å². The van der Waals surface area contributed by atoms with Crippen molar-refractivity contribution in [1.29, 1.82) is 0 Å². The Labute approximate surface area is 253 Å². The number of nitrogens with zero attached hydrogens (tertiary/aromatic N) is 2. The van der Waals surface area contributed by atoms with Crippen molar-refractivity contribution < 1.29 is 18.0 Å². The maximum atomic E-state index is 14.2. The van der Waals surface area contributed by atoms with Gasteiger partial charge in [0.2, 0.25) is 11.8 Å². The molecule has 0 aromatic heterocycles. The van der Waals surface area contributed by atoms with Crippen LogP contribution >= 0.6 is 23.2 Å². The number of benzene rings is 3. The fraction of sp³-hybridized carbons (Fsp3) is 0.355. The normalized spacial score (nSPS) is 12.2. The van der Waals surface area contributed by atoms with Crippen LogP contribution in [0.1, 0.15) is 49.4 Å². The van der Waals surface area contributed by atoms with Crippen molar-refractivity contribution in [2.45, 2.75) is 71.5 Å². The lowest BCUT2D eigenvalue weighted by atomic mass is 10.1. The quantitative estimate of drug-likeness (QED) is 0.268. The number of amides is 2. The highest BCUT2D eigenvalue weighted by Gasteiger charge is 2.35. The van der Waals surface area contributed by atoms with Crippen LogP contribution in [-0.4, -0.2) is 43.8 Å². The Balaban J connectivity index is 2.15. The second-order valence-electron chi connectivity index (χ2n) is 10.4. The second-order valence-corrected chi connectivity index (χ2v) is 13.1. The lowest BCUT2D eigenvalue weighted by Crippen LogP contribution is -2.53. The Hall–Kier alpha value is -3.07. The number of hydrogen-bond donors (Lipinski definition) is 1. The van der Waals surface area contributed by atoms with E-state index in [0.29, 0.717) is 33.3 Å². The predicted octanol–water partition coefficient (Wildman–Crippen LogP) is 6.45. The van der Waals surface area contributed by atoms with Crippen LogP contribution in [0.5, 0.6) is 0 Å². The average molecular weight is 619 g/mol. The van der Waals surface area contributed by atoms with Crippen LogP contribution < -0.4 is 9.62 Å². The molecule has 0 saturated carbocycles. The summed E-state index contributed by atoms with van der Waals surface area (Å²) >= 11 is 12.9. The van der Waals surface area contributed by atoms with E-state index in [4.69, 9.17) is 23.2 Å². The Morgan fingerprint density at radius 2 is 1.49 bits per heavy atom. The molecule has 0 bridgehead atoms. The third kappa shape index (κ3) is 7.82. The molecule has 7 nitrogen and oxygen atoms in total. The van der Waals surface area contributed by atoms with E-state index < -0.39 is 28.5 Å². The van der Waals surface area contributed by atoms with Crippen LogP contribution in [0, 0.1) is 20.8 Å².